The molecule has 1 rings (SSSR count). The fraction of sp³-hybridized carbons (Fsp3) is 0.500. The van der Waals surface area contributed by atoms with Gasteiger partial charge in [-0.2, -0.15) is 0 Å². The van der Waals surface area contributed by atoms with Crippen LogP contribution in [0.5, 0.6) is 0 Å². The summed E-state index contributed by atoms with van der Waals surface area (Å²) in [5.41, 5.74) is 1.12. The van der Waals surface area contributed by atoms with Crippen LogP contribution in [-0.4, -0.2) is 0 Å². The molecule has 0 spiro atoms. The maximum absolute atomic E-state index is 5.98. The first-order valence-corrected chi connectivity index (χ1v) is 6.22. The van der Waals surface area contributed by atoms with Crippen LogP contribution in [0.25, 0.3) is 0 Å². The standard InChI is InChI=1S/C8H9BrCl2S/c1-2-3-6(9)5-4-7(10)12-8(5)11/h4,6H,2-3H2,1H3. The van der Waals surface area contributed by atoms with Crippen molar-refractivity contribution in [1.29, 1.82) is 0 Å². The topological polar surface area (TPSA) is 0 Å². The Morgan fingerprint density at radius 2 is 2.25 bits per heavy atom. The SMILES string of the molecule is CCCC(Br)c1cc(Cl)sc1Cl. The minimum absolute atomic E-state index is 0.346. The highest BCUT2D eigenvalue weighted by Crippen LogP contribution is 2.40. The van der Waals surface area contributed by atoms with Crippen molar-refractivity contribution >= 4 is 50.5 Å². The maximum atomic E-state index is 5.98. The van der Waals surface area contributed by atoms with E-state index in [0.29, 0.717) is 4.83 Å². The molecule has 0 nitrogen and oxygen atoms in total. The predicted octanol–water partition coefficient (Wildman–Crippen LogP) is 5.29. The average Bonchev–Trinajstić information content (AvgIpc) is 2.30. The summed E-state index contributed by atoms with van der Waals surface area (Å²) in [5.74, 6) is 0. The van der Waals surface area contributed by atoms with Gasteiger partial charge >= 0.3 is 0 Å². The molecule has 1 unspecified atom stereocenters. The van der Waals surface area contributed by atoms with Gasteiger partial charge in [0, 0.05) is 4.83 Å². The van der Waals surface area contributed by atoms with Gasteiger partial charge in [0.1, 0.15) is 0 Å². The van der Waals surface area contributed by atoms with Crippen LogP contribution in [-0.2, 0) is 0 Å². The highest BCUT2D eigenvalue weighted by Gasteiger charge is 2.13. The molecule has 68 valence electrons. The first kappa shape index (κ1) is 10.8. The molecule has 1 heterocycles. The molecule has 0 aliphatic heterocycles. The van der Waals surface area contributed by atoms with E-state index in [1.54, 1.807) is 0 Å². The minimum atomic E-state index is 0.346. The lowest BCUT2D eigenvalue weighted by Crippen LogP contribution is -1.86. The largest absolute Gasteiger partial charge is 0.111 e. The molecule has 0 aliphatic carbocycles. The van der Waals surface area contributed by atoms with E-state index >= 15 is 0 Å². The normalized spacial score (nSPS) is 13.3. The lowest BCUT2D eigenvalue weighted by atomic mass is 10.1. The fourth-order valence-corrected chi connectivity index (χ4v) is 3.66. The summed E-state index contributed by atoms with van der Waals surface area (Å²) in [4.78, 5) is 0.346. The molecule has 0 saturated carbocycles. The van der Waals surface area contributed by atoms with Crippen LogP contribution in [0, 0.1) is 0 Å². The smallest absolute Gasteiger partial charge is 0.0987 e. The lowest BCUT2D eigenvalue weighted by Gasteiger charge is -2.05. The predicted molar refractivity (Wildman–Crippen MR) is 60.9 cm³/mol. The third-order valence-corrected chi connectivity index (χ3v) is 4.03. The third kappa shape index (κ3) is 2.63. The van der Waals surface area contributed by atoms with Crippen molar-refractivity contribution in [2.24, 2.45) is 0 Å². The van der Waals surface area contributed by atoms with Crippen molar-refractivity contribution in [3.05, 3.63) is 20.3 Å². The molecular formula is C8H9BrCl2S. The van der Waals surface area contributed by atoms with Crippen LogP contribution in [0.2, 0.25) is 8.67 Å². The van der Waals surface area contributed by atoms with E-state index in [0.717, 1.165) is 27.1 Å². The van der Waals surface area contributed by atoms with Crippen molar-refractivity contribution in [3.63, 3.8) is 0 Å². The van der Waals surface area contributed by atoms with Crippen molar-refractivity contribution in [2.45, 2.75) is 24.6 Å². The van der Waals surface area contributed by atoms with Crippen molar-refractivity contribution in [3.8, 4) is 0 Å². The van der Waals surface area contributed by atoms with E-state index in [9.17, 15) is 0 Å². The summed E-state index contributed by atoms with van der Waals surface area (Å²) in [5, 5.41) is 0. The molecule has 0 N–H and O–H groups in total. The quantitative estimate of drug-likeness (QED) is 0.663. The average molecular weight is 288 g/mol. The Kier molecular flexibility index (Phi) is 4.38. The Bertz CT molecular complexity index is 260. The van der Waals surface area contributed by atoms with E-state index in [1.165, 1.54) is 11.3 Å². The summed E-state index contributed by atoms with van der Waals surface area (Å²) in [6, 6.07) is 1.93. The number of rotatable bonds is 3. The molecular weight excluding hydrogens is 279 g/mol. The van der Waals surface area contributed by atoms with Crippen LogP contribution in [0.3, 0.4) is 0 Å². The highest BCUT2D eigenvalue weighted by atomic mass is 79.9. The molecule has 4 heteroatoms. The van der Waals surface area contributed by atoms with Gasteiger partial charge in [-0.05, 0) is 18.1 Å². The number of thiophene rings is 1. The van der Waals surface area contributed by atoms with Crippen molar-refractivity contribution < 1.29 is 0 Å². The highest BCUT2D eigenvalue weighted by molar-refractivity contribution is 9.09. The molecule has 0 saturated heterocycles. The Morgan fingerprint density at radius 3 is 2.67 bits per heavy atom. The Balaban J connectivity index is 2.79. The van der Waals surface area contributed by atoms with E-state index < -0.39 is 0 Å². The zero-order valence-corrected chi connectivity index (χ0v) is 10.5. The van der Waals surface area contributed by atoms with Gasteiger partial charge in [0.2, 0.25) is 0 Å². The molecule has 1 atom stereocenters. The summed E-state index contributed by atoms with van der Waals surface area (Å²) in [6.07, 6.45) is 2.23. The molecule has 12 heavy (non-hydrogen) atoms. The second kappa shape index (κ2) is 4.85. The first-order chi connectivity index (χ1) is 5.65. The second-order valence-corrected chi connectivity index (χ2v) is 5.93. The lowest BCUT2D eigenvalue weighted by molar-refractivity contribution is 0.791. The van der Waals surface area contributed by atoms with Crippen LogP contribution in [0.4, 0.5) is 0 Å². The zero-order valence-electron chi connectivity index (χ0n) is 6.61. The molecule has 0 aromatic carbocycles. The van der Waals surface area contributed by atoms with Gasteiger partial charge < -0.3 is 0 Å². The first-order valence-electron chi connectivity index (χ1n) is 3.74. The fourth-order valence-electron chi connectivity index (χ4n) is 0.975. The number of halogens is 3. The monoisotopic (exact) mass is 286 g/mol. The van der Waals surface area contributed by atoms with Crippen molar-refractivity contribution in [2.75, 3.05) is 0 Å². The molecule has 0 fully saturated rings. The van der Waals surface area contributed by atoms with Gasteiger partial charge in [-0.3, -0.25) is 0 Å². The van der Waals surface area contributed by atoms with Gasteiger partial charge in [-0.25, -0.2) is 0 Å². The van der Waals surface area contributed by atoms with Gasteiger partial charge in [-0.15, -0.1) is 11.3 Å². The van der Waals surface area contributed by atoms with Crippen LogP contribution in [0.1, 0.15) is 30.2 Å². The summed E-state index contributed by atoms with van der Waals surface area (Å²) < 4.78 is 1.56. The molecule has 0 radical (unpaired) electrons. The van der Waals surface area contributed by atoms with E-state index in [1.807, 2.05) is 6.07 Å². The van der Waals surface area contributed by atoms with E-state index in [4.69, 9.17) is 23.2 Å². The molecule has 1 aromatic rings. The number of hydrogen-bond acceptors (Lipinski definition) is 1. The molecule has 0 aliphatic rings. The summed E-state index contributed by atoms with van der Waals surface area (Å²) in [6.45, 7) is 2.15. The van der Waals surface area contributed by atoms with E-state index in [2.05, 4.69) is 22.9 Å². The number of hydrogen-bond donors (Lipinski definition) is 0. The van der Waals surface area contributed by atoms with Crippen molar-refractivity contribution in [1.82, 2.24) is 0 Å². The van der Waals surface area contributed by atoms with Crippen LogP contribution >= 0.6 is 50.5 Å². The Morgan fingerprint density at radius 1 is 1.58 bits per heavy atom. The number of alkyl halides is 1. The second-order valence-electron chi connectivity index (χ2n) is 2.54. The summed E-state index contributed by atoms with van der Waals surface area (Å²) in [7, 11) is 0. The molecule has 1 aromatic heterocycles. The zero-order chi connectivity index (χ0) is 9.14. The van der Waals surface area contributed by atoms with Crippen LogP contribution < -0.4 is 0 Å². The van der Waals surface area contributed by atoms with Gasteiger partial charge in [0.15, 0.2) is 0 Å². The summed E-state index contributed by atoms with van der Waals surface area (Å²) >= 11 is 16.8. The molecule has 0 bridgehead atoms. The van der Waals surface area contributed by atoms with Crippen LogP contribution in [0.15, 0.2) is 6.07 Å². The Labute approximate surface area is 95.0 Å². The van der Waals surface area contributed by atoms with Gasteiger partial charge in [0.05, 0.1) is 8.67 Å². The molecule has 0 amide bonds. The third-order valence-electron chi connectivity index (χ3n) is 1.56. The minimum Gasteiger partial charge on any atom is -0.111 e. The Hall–Kier alpha value is 0.760. The van der Waals surface area contributed by atoms with Gasteiger partial charge in [0.25, 0.3) is 0 Å². The van der Waals surface area contributed by atoms with Gasteiger partial charge in [-0.1, -0.05) is 52.5 Å². The van der Waals surface area contributed by atoms with E-state index in [-0.39, 0.29) is 0 Å². The maximum Gasteiger partial charge on any atom is 0.0987 e.